The summed E-state index contributed by atoms with van der Waals surface area (Å²) in [4.78, 5) is 6.63. The van der Waals surface area contributed by atoms with E-state index in [4.69, 9.17) is 10.3 Å². The summed E-state index contributed by atoms with van der Waals surface area (Å²) in [5, 5.41) is 3.92. The van der Waals surface area contributed by atoms with E-state index in [2.05, 4.69) is 28.9 Å². The molecule has 5 heteroatoms. The van der Waals surface area contributed by atoms with Crippen molar-refractivity contribution in [3.63, 3.8) is 0 Å². The minimum Gasteiger partial charge on any atom is -0.338 e. The molecule has 0 amide bonds. The van der Waals surface area contributed by atoms with Gasteiger partial charge in [-0.05, 0) is 17.3 Å². The molecule has 1 aliphatic carbocycles. The normalized spacial score (nSPS) is 31.7. The van der Waals surface area contributed by atoms with Crippen LogP contribution < -0.4 is 5.73 Å². The van der Waals surface area contributed by atoms with Gasteiger partial charge in [0.15, 0.2) is 5.82 Å². The molecule has 1 aromatic heterocycles. The van der Waals surface area contributed by atoms with Gasteiger partial charge in [0, 0.05) is 13.1 Å². The third-order valence-electron chi connectivity index (χ3n) is 4.25. The van der Waals surface area contributed by atoms with Crippen molar-refractivity contribution >= 4 is 0 Å². The molecule has 0 aromatic carbocycles. The quantitative estimate of drug-likeness (QED) is 0.811. The minimum absolute atomic E-state index is 0.325. The number of rotatable bonds is 3. The van der Waals surface area contributed by atoms with Crippen LogP contribution in [0.15, 0.2) is 4.52 Å². The first kappa shape index (κ1) is 10.2. The molecule has 2 aliphatic rings. The Balaban J connectivity index is 1.58. The highest BCUT2D eigenvalue weighted by atomic mass is 16.5. The van der Waals surface area contributed by atoms with Crippen molar-refractivity contribution < 1.29 is 4.52 Å². The molecule has 2 heterocycles. The molecule has 1 aromatic rings. The van der Waals surface area contributed by atoms with E-state index in [1.54, 1.807) is 0 Å². The van der Waals surface area contributed by atoms with E-state index >= 15 is 0 Å². The topological polar surface area (TPSA) is 68.2 Å². The average molecular weight is 222 g/mol. The highest BCUT2D eigenvalue weighted by Crippen LogP contribution is 2.61. The lowest BCUT2D eigenvalue weighted by atomic mass is 10.1. The van der Waals surface area contributed by atoms with Crippen molar-refractivity contribution in [1.82, 2.24) is 15.0 Å². The van der Waals surface area contributed by atoms with Gasteiger partial charge in [-0.15, -0.1) is 0 Å². The van der Waals surface area contributed by atoms with Gasteiger partial charge in [-0.3, -0.25) is 4.90 Å². The highest BCUT2D eigenvalue weighted by molar-refractivity contribution is 5.11. The Morgan fingerprint density at radius 3 is 2.69 bits per heavy atom. The highest BCUT2D eigenvalue weighted by Gasteiger charge is 2.61. The van der Waals surface area contributed by atoms with Crippen LogP contribution >= 0.6 is 0 Å². The maximum atomic E-state index is 5.43. The Morgan fingerprint density at radius 1 is 1.44 bits per heavy atom. The summed E-state index contributed by atoms with van der Waals surface area (Å²) >= 11 is 0. The monoisotopic (exact) mass is 222 g/mol. The lowest BCUT2D eigenvalue weighted by Crippen LogP contribution is -2.26. The summed E-state index contributed by atoms with van der Waals surface area (Å²) in [5.74, 6) is 3.03. The number of hydrogen-bond acceptors (Lipinski definition) is 5. The molecule has 0 bridgehead atoms. The van der Waals surface area contributed by atoms with Crippen LogP contribution in [0.1, 0.15) is 25.6 Å². The van der Waals surface area contributed by atoms with Crippen LogP contribution in [0.3, 0.4) is 0 Å². The van der Waals surface area contributed by atoms with Crippen LogP contribution in [0.4, 0.5) is 0 Å². The molecule has 3 rings (SSSR count). The number of aromatic nitrogens is 2. The number of likely N-dealkylation sites (tertiary alicyclic amines) is 1. The van der Waals surface area contributed by atoms with Crippen molar-refractivity contribution in [2.45, 2.75) is 26.9 Å². The Labute approximate surface area is 95.0 Å². The number of fused-ring (bicyclic) bond motifs is 1. The van der Waals surface area contributed by atoms with E-state index in [1.807, 2.05) is 0 Å². The van der Waals surface area contributed by atoms with Gasteiger partial charge in [-0.25, -0.2) is 0 Å². The van der Waals surface area contributed by atoms with Crippen LogP contribution in [-0.2, 0) is 13.1 Å². The largest absolute Gasteiger partial charge is 0.338 e. The second-order valence-electron chi connectivity index (χ2n) is 5.54. The number of nitrogens with two attached hydrogens (primary N) is 1. The van der Waals surface area contributed by atoms with Crippen LogP contribution in [-0.4, -0.2) is 28.1 Å². The first-order chi connectivity index (χ1) is 7.61. The predicted molar refractivity (Wildman–Crippen MR) is 58.2 cm³/mol. The Bertz CT molecular complexity index is 386. The van der Waals surface area contributed by atoms with E-state index in [-0.39, 0.29) is 0 Å². The molecule has 1 saturated carbocycles. The summed E-state index contributed by atoms with van der Waals surface area (Å²) in [6.07, 6.45) is 0. The van der Waals surface area contributed by atoms with Gasteiger partial charge in [0.05, 0.1) is 13.1 Å². The van der Waals surface area contributed by atoms with Crippen LogP contribution in [0.25, 0.3) is 0 Å². The molecule has 16 heavy (non-hydrogen) atoms. The van der Waals surface area contributed by atoms with Gasteiger partial charge in [0.1, 0.15) is 0 Å². The second kappa shape index (κ2) is 3.28. The third-order valence-corrected chi connectivity index (χ3v) is 4.25. The Morgan fingerprint density at radius 2 is 2.12 bits per heavy atom. The molecule has 2 unspecified atom stereocenters. The molecule has 1 saturated heterocycles. The van der Waals surface area contributed by atoms with Gasteiger partial charge in [-0.1, -0.05) is 19.0 Å². The zero-order valence-corrected chi connectivity index (χ0v) is 9.81. The third kappa shape index (κ3) is 1.46. The molecule has 5 nitrogen and oxygen atoms in total. The van der Waals surface area contributed by atoms with Crippen molar-refractivity contribution in [2.24, 2.45) is 23.0 Å². The zero-order chi connectivity index (χ0) is 11.3. The van der Waals surface area contributed by atoms with Gasteiger partial charge in [0.2, 0.25) is 5.89 Å². The summed E-state index contributed by atoms with van der Waals surface area (Å²) in [7, 11) is 0. The molecule has 2 N–H and O–H groups in total. The van der Waals surface area contributed by atoms with Gasteiger partial charge in [0.25, 0.3) is 0 Å². The summed E-state index contributed by atoms with van der Waals surface area (Å²) in [5.41, 5.74) is 5.99. The zero-order valence-electron chi connectivity index (χ0n) is 9.81. The SMILES string of the molecule is CC1(C)C2CN(Cc3noc(CN)n3)CC21. The molecule has 1 aliphatic heterocycles. The number of piperidine rings is 1. The van der Waals surface area contributed by atoms with Crippen molar-refractivity contribution in [1.29, 1.82) is 0 Å². The maximum absolute atomic E-state index is 5.43. The molecular formula is C11H18N4O. The first-order valence-electron chi connectivity index (χ1n) is 5.85. The summed E-state index contributed by atoms with van der Waals surface area (Å²) < 4.78 is 4.99. The van der Waals surface area contributed by atoms with Crippen molar-refractivity contribution in [3.8, 4) is 0 Å². The molecule has 88 valence electrons. The summed E-state index contributed by atoms with van der Waals surface area (Å²) in [6, 6.07) is 0. The van der Waals surface area contributed by atoms with E-state index in [0.29, 0.717) is 17.9 Å². The lowest BCUT2D eigenvalue weighted by molar-refractivity contribution is 0.242. The fourth-order valence-corrected chi connectivity index (χ4v) is 2.98. The lowest BCUT2D eigenvalue weighted by Gasteiger charge is -2.19. The van der Waals surface area contributed by atoms with Gasteiger partial charge in [-0.2, -0.15) is 4.98 Å². The molecule has 2 atom stereocenters. The molecule has 0 radical (unpaired) electrons. The molecule has 2 fully saturated rings. The van der Waals surface area contributed by atoms with Gasteiger partial charge >= 0.3 is 0 Å². The molecule has 0 spiro atoms. The minimum atomic E-state index is 0.325. The predicted octanol–water partition coefficient (Wildman–Crippen LogP) is 0.616. The Hall–Kier alpha value is -0.940. The van der Waals surface area contributed by atoms with Crippen molar-refractivity contribution in [3.05, 3.63) is 11.7 Å². The smallest absolute Gasteiger partial charge is 0.240 e. The standard InChI is InChI=1S/C11H18N4O/c1-11(2)7-4-15(5-8(7)11)6-9-13-10(3-12)16-14-9/h7-8H,3-6,12H2,1-2H3. The molecular weight excluding hydrogens is 204 g/mol. The van der Waals surface area contributed by atoms with Crippen LogP contribution in [0, 0.1) is 17.3 Å². The number of hydrogen-bond donors (Lipinski definition) is 1. The van der Waals surface area contributed by atoms with Crippen LogP contribution in [0.2, 0.25) is 0 Å². The second-order valence-corrected chi connectivity index (χ2v) is 5.54. The van der Waals surface area contributed by atoms with Crippen LogP contribution in [0.5, 0.6) is 0 Å². The van der Waals surface area contributed by atoms with E-state index in [1.165, 1.54) is 13.1 Å². The van der Waals surface area contributed by atoms with E-state index < -0.39 is 0 Å². The maximum Gasteiger partial charge on any atom is 0.240 e. The fourth-order valence-electron chi connectivity index (χ4n) is 2.98. The van der Waals surface area contributed by atoms with Crippen molar-refractivity contribution in [2.75, 3.05) is 13.1 Å². The first-order valence-corrected chi connectivity index (χ1v) is 5.85. The fraction of sp³-hybridized carbons (Fsp3) is 0.818. The summed E-state index contributed by atoms with van der Waals surface area (Å²) in [6.45, 7) is 8.19. The Kier molecular flexibility index (Phi) is 2.09. The van der Waals surface area contributed by atoms with E-state index in [0.717, 1.165) is 24.2 Å². The van der Waals surface area contributed by atoms with E-state index in [9.17, 15) is 0 Å². The number of nitrogens with zero attached hydrogens (tertiary/aromatic N) is 3. The van der Waals surface area contributed by atoms with Gasteiger partial charge < -0.3 is 10.3 Å². The average Bonchev–Trinajstić information content (AvgIpc) is 2.73.